The number of amides is 2. The largest absolute Gasteiger partial charge is 0.378 e. The Labute approximate surface area is 200 Å². The van der Waals surface area contributed by atoms with Gasteiger partial charge in [0.15, 0.2) is 0 Å². The molecule has 4 rings (SSSR count). The highest BCUT2D eigenvalue weighted by Crippen LogP contribution is 2.20. The number of fused-ring (bicyclic) bond motifs is 1. The molecule has 4 aromatic rings. The number of aryl methyl sites for hydroxylation is 1. The topological polar surface area (TPSA) is 77.2 Å². The highest BCUT2D eigenvalue weighted by atomic mass is 16.2. The van der Waals surface area contributed by atoms with Crippen molar-refractivity contribution in [2.24, 2.45) is 0 Å². The van der Waals surface area contributed by atoms with Crippen molar-refractivity contribution in [1.82, 2.24) is 10.3 Å². The third-order valence-electron chi connectivity index (χ3n) is 5.89. The van der Waals surface area contributed by atoms with E-state index in [4.69, 9.17) is 0 Å². The van der Waals surface area contributed by atoms with Crippen molar-refractivity contribution in [3.63, 3.8) is 0 Å². The Morgan fingerprint density at radius 1 is 0.912 bits per heavy atom. The predicted molar refractivity (Wildman–Crippen MR) is 138 cm³/mol. The molecule has 0 aliphatic rings. The fourth-order valence-electron chi connectivity index (χ4n) is 3.97. The number of carbonyl (C=O) groups is 2. The molecule has 1 heterocycles. The van der Waals surface area contributed by atoms with Crippen LogP contribution in [0.25, 0.3) is 10.9 Å². The van der Waals surface area contributed by atoms with Gasteiger partial charge in [0.25, 0.3) is 0 Å². The monoisotopic (exact) mass is 454 g/mol. The summed E-state index contributed by atoms with van der Waals surface area (Å²) in [6.45, 7) is 0. The maximum absolute atomic E-state index is 13.3. The molecule has 3 N–H and O–H groups in total. The molecule has 0 saturated carbocycles. The van der Waals surface area contributed by atoms with E-state index in [-0.39, 0.29) is 11.8 Å². The van der Waals surface area contributed by atoms with Crippen LogP contribution >= 0.6 is 0 Å². The van der Waals surface area contributed by atoms with E-state index < -0.39 is 6.04 Å². The van der Waals surface area contributed by atoms with Crippen LogP contribution in [0.1, 0.15) is 17.5 Å². The first kappa shape index (κ1) is 23.1. The van der Waals surface area contributed by atoms with Crippen LogP contribution in [0.4, 0.5) is 11.4 Å². The third-order valence-corrected chi connectivity index (χ3v) is 5.89. The van der Waals surface area contributed by atoms with E-state index in [0.717, 1.165) is 27.7 Å². The summed E-state index contributed by atoms with van der Waals surface area (Å²) in [6.07, 6.45) is 3.24. The summed E-state index contributed by atoms with van der Waals surface area (Å²) in [7, 11) is 3.94. The van der Waals surface area contributed by atoms with Gasteiger partial charge in [0, 0.05) is 55.4 Å². The molecule has 1 unspecified atom stereocenters. The SMILES string of the molecule is CN(C)c1ccc(NC(=O)C(Cc2c[nH]c3ccccc23)NC(=O)CCc2ccccc2)cc1. The van der Waals surface area contributed by atoms with Gasteiger partial charge >= 0.3 is 0 Å². The van der Waals surface area contributed by atoms with Crippen molar-refractivity contribution >= 4 is 34.1 Å². The fraction of sp³-hybridized carbons (Fsp3) is 0.214. The molecular formula is C28H30N4O2. The molecule has 174 valence electrons. The number of H-pyrrole nitrogens is 1. The predicted octanol–water partition coefficient (Wildman–Crippen LogP) is 4.53. The Hall–Kier alpha value is -4.06. The van der Waals surface area contributed by atoms with Gasteiger partial charge in [-0.15, -0.1) is 0 Å². The van der Waals surface area contributed by atoms with Gasteiger partial charge in [-0.25, -0.2) is 0 Å². The lowest BCUT2D eigenvalue weighted by Gasteiger charge is -2.19. The van der Waals surface area contributed by atoms with Gasteiger partial charge in [-0.3, -0.25) is 9.59 Å². The van der Waals surface area contributed by atoms with Crippen LogP contribution < -0.4 is 15.5 Å². The molecular weight excluding hydrogens is 424 g/mol. The second kappa shape index (κ2) is 10.7. The smallest absolute Gasteiger partial charge is 0.247 e. The van der Waals surface area contributed by atoms with Crippen molar-refractivity contribution in [3.05, 3.63) is 96.2 Å². The Kier molecular flexibility index (Phi) is 7.28. The maximum Gasteiger partial charge on any atom is 0.247 e. The van der Waals surface area contributed by atoms with Crippen molar-refractivity contribution in [3.8, 4) is 0 Å². The van der Waals surface area contributed by atoms with Crippen LogP contribution in [-0.2, 0) is 22.4 Å². The van der Waals surface area contributed by atoms with Gasteiger partial charge in [0.2, 0.25) is 11.8 Å². The zero-order chi connectivity index (χ0) is 23.9. The maximum atomic E-state index is 13.3. The van der Waals surface area contributed by atoms with Gasteiger partial charge in [-0.1, -0.05) is 48.5 Å². The number of aromatic amines is 1. The number of rotatable bonds is 9. The lowest BCUT2D eigenvalue weighted by molar-refractivity contribution is -0.126. The molecule has 0 aliphatic carbocycles. The van der Waals surface area contributed by atoms with E-state index in [2.05, 4.69) is 15.6 Å². The van der Waals surface area contributed by atoms with E-state index in [1.54, 1.807) is 0 Å². The molecule has 2 amide bonds. The Balaban J connectivity index is 1.49. The Morgan fingerprint density at radius 2 is 1.62 bits per heavy atom. The number of carbonyl (C=O) groups excluding carboxylic acids is 2. The second-order valence-electron chi connectivity index (χ2n) is 8.60. The minimum absolute atomic E-state index is 0.146. The molecule has 1 aromatic heterocycles. The normalized spacial score (nSPS) is 11.7. The summed E-state index contributed by atoms with van der Waals surface area (Å²) in [5.41, 5.74) is 4.82. The molecule has 34 heavy (non-hydrogen) atoms. The van der Waals surface area contributed by atoms with Gasteiger partial charge < -0.3 is 20.5 Å². The van der Waals surface area contributed by atoms with Crippen molar-refractivity contribution in [1.29, 1.82) is 0 Å². The van der Waals surface area contributed by atoms with Crippen LogP contribution in [-0.4, -0.2) is 36.9 Å². The average Bonchev–Trinajstić information content (AvgIpc) is 3.26. The number of aromatic nitrogens is 1. The number of hydrogen-bond acceptors (Lipinski definition) is 3. The van der Waals surface area contributed by atoms with Crippen molar-refractivity contribution in [2.75, 3.05) is 24.3 Å². The first-order valence-corrected chi connectivity index (χ1v) is 11.5. The van der Waals surface area contributed by atoms with Crippen LogP contribution in [0.2, 0.25) is 0 Å². The van der Waals surface area contributed by atoms with Gasteiger partial charge in [-0.2, -0.15) is 0 Å². The molecule has 1 atom stereocenters. The Morgan fingerprint density at radius 3 is 2.35 bits per heavy atom. The average molecular weight is 455 g/mol. The van der Waals surface area contributed by atoms with E-state index >= 15 is 0 Å². The fourth-order valence-corrected chi connectivity index (χ4v) is 3.97. The van der Waals surface area contributed by atoms with Crippen LogP contribution in [0, 0.1) is 0 Å². The summed E-state index contributed by atoms with van der Waals surface area (Å²) >= 11 is 0. The van der Waals surface area contributed by atoms with Crippen LogP contribution in [0.3, 0.4) is 0 Å². The standard InChI is InChI=1S/C28H30N4O2/c1-32(2)23-15-13-22(14-16-23)30-28(34)26(18-21-19-29-25-11-7-6-10-24(21)25)31-27(33)17-12-20-8-4-3-5-9-20/h3-11,13-16,19,26,29H,12,17-18H2,1-2H3,(H,30,34)(H,31,33). The van der Waals surface area contributed by atoms with Crippen LogP contribution in [0.5, 0.6) is 0 Å². The number of nitrogens with one attached hydrogen (secondary N) is 3. The molecule has 0 bridgehead atoms. The number of hydrogen-bond donors (Lipinski definition) is 3. The van der Waals surface area contributed by atoms with Gasteiger partial charge in [0.05, 0.1) is 0 Å². The molecule has 0 saturated heterocycles. The van der Waals surface area contributed by atoms with Crippen LogP contribution in [0.15, 0.2) is 85.1 Å². The van der Waals surface area contributed by atoms with E-state index in [0.29, 0.717) is 24.9 Å². The third kappa shape index (κ3) is 5.84. The highest BCUT2D eigenvalue weighted by Gasteiger charge is 2.23. The highest BCUT2D eigenvalue weighted by molar-refractivity contribution is 5.98. The quantitative estimate of drug-likeness (QED) is 0.348. The first-order chi connectivity index (χ1) is 16.5. The summed E-state index contributed by atoms with van der Waals surface area (Å²) in [5.74, 6) is -0.386. The molecule has 0 aliphatic heterocycles. The molecule has 3 aromatic carbocycles. The molecule has 0 spiro atoms. The minimum atomic E-state index is -0.698. The van der Waals surface area contributed by atoms with E-state index in [1.807, 2.05) is 104 Å². The lowest BCUT2D eigenvalue weighted by atomic mass is 10.0. The first-order valence-electron chi connectivity index (χ1n) is 11.5. The van der Waals surface area contributed by atoms with Crippen molar-refractivity contribution in [2.45, 2.75) is 25.3 Å². The van der Waals surface area contributed by atoms with Gasteiger partial charge in [0.1, 0.15) is 6.04 Å². The second-order valence-corrected chi connectivity index (χ2v) is 8.60. The molecule has 0 fully saturated rings. The minimum Gasteiger partial charge on any atom is -0.378 e. The molecule has 0 radical (unpaired) electrons. The van der Waals surface area contributed by atoms with Crippen molar-refractivity contribution < 1.29 is 9.59 Å². The number of para-hydroxylation sites is 1. The molecule has 6 nitrogen and oxygen atoms in total. The lowest BCUT2D eigenvalue weighted by Crippen LogP contribution is -2.45. The van der Waals surface area contributed by atoms with E-state index in [1.165, 1.54) is 0 Å². The number of benzene rings is 3. The van der Waals surface area contributed by atoms with E-state index in [9.17, 15) is 9.59 Å². The summed E-state index contributed by atoms with van der Waals surface area (Å²) in [5, 5.41) is 6.98. The Bertz CT molecular complexity index is 1250. The summed E-state index contributed by atoms with van der Waals surface area (Å²) < 4.78 is 0. The number of nitrogens with zero attached hydrogens (tertiary/aromatic N) is 1. The number of anilines is 2. The zero-order valence-corrected chi connectivity index (χ0v) is 19.5. The summed E-state index contributed by atoms with van der Waals surface area (Å²) in [6, 6.07) is 24.8. The molecule has 6 heteroatoms. The summed E-state index contributed by atoms with van der Waals surface area (Å²) in [4.78, 5) is 31.3. The zero-order valence-electron chi connectivity index (χ0n) is 19.5. The van der Waals surface area contributed by atoms with Gasteiger partial charge in [-0.05, 0) is 47.9 Å².